The topological polar surface area (TPSA) is 24.5 Å². The van der Waals surface area contributed by atoms with E-state index in [4.69, 9.17) is 4.74 Å². The number of piperidine rings is 1. The number of hydrogen-bond donors (Lipinski definition) is 1. The lowest BCUT2D eigenvalue weighted by molar-refractivity contribution is -0.0115. The summed E-state index contributed by atoms with van der Waals surface area (Å²) in [6.45, 7) is 5.39. The maximum Gasteiger partial charge on any atom is 0.0604 e. The third kappa shape index (κ3) is 3.19. The van der Waals surface area contributed by atoms with Crippen LogP contribution in [0.5, 0.6) is 0 Å². The summed E-state index contributed by atoms with van der Waals surface area (Å²) in [4.78, 5) is 2.51. The molecule has 1 saturated heterocycles. The van der Waals surface area contributed by atoms with Gasteiger partial charge in [-0.15, -0.1) is 0 Å². The molecule has 0 bridgehead atoms. The highest BCUT2D eigenvalue weighted by molar-refractivity contribution is 4.88. The summed E-state index contributed by atoms with van der Waals surface area (Å²) >= 11 is 0. The van der Waals surface area contributed by atoms with Crippen molar-refractivity contribution in [2.45, 2.75) is 57.2 Å². The van der Waals surface area contributed by atoms with E-state index >= 15 is 0 Å². The Hall–Kier alpha value is -0.120. The first-order valence-electron chi connectivity index (χ1n) is 6.84. The van der Waals surface area contributed by atoms with E-state index in [-0.39, 0.29) is 0 Å². The third-order valence-corrected chi connectivity index (χ3v) is 4.06. The Morgan fingerprint density at radius 3 is 2.81 bits per heavy atom. The molecule has 16 heavy (non-hydrogen) atoms. The zero-order valence-electron chi connectivity index (χ0n) is 10.7. The number of likely N-dealkylation sites (tertiary alicyclic amines) is 1. The minimum absolute atomic E-state index is 0.534. The van der Waals surface area contributed by atoms with Crippen molar-refractivity contribution in [1.82, 2.24) is 10.2 Å². The summed E-state index contributed by atoms with van der Waals surface area (Å²) < 4.78 is 5.57. The molecule has 0 aromatic heterocycles. The number of nitrogens with zero attached hydrogens (tertiary/aromatic N) is 1. The van der Waals surface area contributed by atoms with Gasteiger partial charge in [-0.1, -0.05) is 6.42 Å². The summed E-state index contributed by atoms with van der Waals surface area (Å²) in [5.41, 5.74) is 0. The van der Waals surface area contributed by atoms with Crippen molar-refractivity contribution < 1.29 is 4.74 Å². The standard InChI is InChI=1S/C13H26N2O/c1-3-16-13-8-11(9-13)14-10-12-6-4-5-7-15(12)2/h11-14H,3-10H2,1-2H3. The van der Waals surface area contributed by atoms with Gasteiger partial charge >= 0.3 is 0 Å². The van der Waals surface area contributed by atoms with E-state index < -0.39 is 0 Å². The van der Waals surface area contributed by atoms with Crippen LogP contribution in [0.15, 0.2) is 0 Å². The smallest absolute Gasteiger partial charge is 0.0604 e. The second kappa shape index (κ2) is 5.99. The van der Waals surface area contributed by atoms with Crippen molar-refractivity contribution in [2.75, 3.05) is 26.7 Å². The lowest BCUT2D eigenvalue weighted by Crippen LogP contribution is -2.51. The molecule has 3 nitrogen and oxygen atoms in total. The van der Waals surface area contributed by atoms with Crippen molar-refractivity contribution in [2.24, 2.45) is 0 Å². The molecule has 1 heterocycles. The quantitative estimate of drug-likeness (QED) is 0.771. The molecule has 2 aliphatic rings. The molecule has 1 aliphatic heterocycles. The number of likely N-dealkylation sites (N-methyl/N-ethyl adjacent to an activating group) is 1. The molecule has 0 spiro atoms. The van der Waals surface area contributed by atoms with E-state index in [1.165, 1.54) is 45.2 Å². The maximum absolute atomic E-state index is 5.57. The van der Waals surface area contributed by atoms with E-state index in [9.17, 15) is 0 Å². The molecular weight excluding hydrogens is 200 g/mol. The van der Waals surface area contributed by atoms with Crippen LogP contribution in [0, 0.1) is 0 Å². The molecule has 1 saturated carbocycles. The molecular formula is C13H26N2O. The van der Waals surface area contributed by atoms with Crippen LogP contribution in [0.4, 0.5) is 0 Å². The number of ether oxygens (including phenoxy) is 1. The van der Waals surface area contributed by atoms with Crippen LogP contribution in [0.2, 0.25) is 0 Å². The first-order valence-corrected chi connectivity index (χ1v) is 6.84. The normalized spacial score (nSPS) is 36.0. The van der Waals surface area contributed by atoms with Gasteiger partial charge in [0.15, 0.2) is 0 Å². The Bertz CT molecular complexity index is 204. The Labute approximate surface area is 99.5 Å². The summed E-state index contributed by atoms with van der Waals surface area (Å²) in [6.07, 6.45) is 7.11. The summed E-state index contributed by atoms with van der Waals surface area (Å²) in [5, 5.41) is 3.69. The average Bonchev–Trinajstić information content (AvgIpc) is 2.23. The van der Waals surface area contributed by atoms with Gasteiger partial charge in [0.1, 0.15) is 0 Å². The first kappa shape index (κ1) is 12.3. The fourth-order valence-corrected chi connectivity index (χ4v) is 2.81. The largest absolute Gasteiger partial charge is 0.378 e. The van der Waals surface area contributed by atoms with Crippen LogP contribution in [0.25, 0.3) is 0 Å². The zero-order valence-corrected chi connectivity index (χ0v) is 10.7. The molecule has 3 heteroatoms. The Balaban J connectivity index is 1.58. The lowest BCUT2D eigenvalue weighted by Gasteiger charge is -2.39. The van der Waals surface area contributed by atoms with E-state index in [0.717, 1.165) is 12.6 Å². The van der Waals surface area contributed by atoms with Gasteiger partial charge in [-0.05, 0) is 46.2 Å². The molecule has 0 amide bonds. The lowest BCUT2D eigenvalue weighted by atomic mass is 9.89. The highest BCUT2D eigenvalue weighted by Gasteiger charge is 2.30. The second-order valence-electron chi connectivity index (χ2n) is 5.28. The SMILES string of the molecule is CCOC1CC(NCC2CCCCN2C)C1. The van der Waals surface area contributed by atoms with E-state index in [2.05, 4.69) is 24.2 Å². The van der Waals surface area contributed by atoms with Gasteiger partial charge in [-0.2, -0.15) is 0 Å². The van der Waals surface area contributed by atoms with Crippen molar-refractivity contribution >= 4 is 0 Å². The summed E-state index contributed by atoms with van der Waals surface area (Å²) in [5.74, 6) is 0. The van der Waals surface area contributed by atoms with Crippen LogP contribution >= 0.6 is 0 Å². The van der Waals surface area contributed by atoms with Crippen LogP contribution in [-0.2, 0) is 4.74 Å². The van der Waals surface area contributed by atoms with Crippen LogP contribution in [0.1, 0.15) is 39.0 Å². The van der Waals surface area contributed by atoms with E-state index in [1.54, 1.807) is 0 Å². The average molecular weight is 226 g/mol. The van der Waals surface area contributed by atoms with Crippen molar-refractivity contribution in [1.29, 1.82) is 0 Å². The Kier molecular flexibility index (Phi) is 4.62. The summed E-state index contributed by atoms with van der Waals surface area (Å²) in [7, 11) is 2.26. The minimum atomic E-state index is 0.534. The molecule has 0 aromatic rings. The van der Waals surface area contributed by atoms with Gasteiger partial charge in [0, 0.05) is 25.2 Å². The van der Waals surface area contributed by atoms with Crippen molar-refractivity contribution in [3.8, 4) is 0 Å². The highest BCUT2D eigenvalue weighted by atomic mass is 16.5. The van der Waals surface area contributed by atoms with E-state index in [0.29, 0.717) is 12.1 Å². The summed E-state index contributed by atoms with van der Waals surface area (Å²) in [6, 6.07) is 1.48. The van der Waals surface area contributed by atoms with Crippen molar-refractivity contribution in [3.05, 3.63) is 0 Å². The molecule has 94 valence electrons. The second-order valence-corrected chi connectivity index (χ2v) is 5.28. The molecule has 0 radical (unpaired) electrons. The van der Waals surface area contributed by atoms with Gasteiger partial charge in [0.2, 0.25) is 0 Å². The van der Waals surface area contributed by atoms with Gasteiger partial charge < -0.3 is 15.0 Å². The molecule has 1 atom stereocenters. The van der Waals surface area contributed by atoms with Crippen LogP contribution in [-0.4, -0.2) is 49.8 Å². The molecule has 2 rings (SSSR count). The number of nitrogens with one attached hydrogen (secondary N) is 1. The fourth-order valence-electron chi connectivity index (χ4n) is 2.81. The Morgan fingerprint density at radius 1 is 1.31 bits per heavy atom. The van der Waals surface area contributed by atoms with Gasteiger partial charge in [0.05, 0.1) is 6.10 Å². The van der Waals surface area contributed by atoms with Gasteiger partial charge in [0.25, 0.3) is 0 Å². The molecule has 1 aliphatic carbocycles. The number of hydrogen-bond acceptors (Lipinski definition) is 3. The predicted molar refractivity (Wildman–Crippen MR) is 66.7 cm³/mol. The maximum atomic E-state index is 5.57. The minimum Gasteiger partial charge on any atom is -0.378 e. The van der Waals surface area contributed by atoms with Crippen LogP contribution < -0.4 is 5.32 Å². The van der Waals surface area contributed by atoms with Gasteiger partial charge in [-0.25, -0.2) is 0 Å². The molecule has 1 N–H and O–H groups in total. The monoisotopic (exact) mass is 226 g/mol. The predicted octanol–water partition coefficient (Wildman–Crippen LogP) is 1.63. The molecule has 0 aromatic carbocycles. The molecule has 2 fully saturated rings. The molecule has 1 unspecified atom stereocenters. The third-order valence-electron chi connectivity index (χ3n) is 4.06. The Morgan fingerprint density at radius 2 is 2.12 bits per heavy atom. The van der Waals surface area contributed by atoms with E-state index in [1.807, 2.05) is 0 Å². The zero-order chi connectivity index (χ0) is 11.4. The van der Waals surface area contributed by atoms with Gasteiger partial charge in [-0.3, -0.25) is 0 Å². The fraction of sp³-hybridized carbons (Fsp3) is 1.00. The first-order chi connectivity index (χ1) is 7.79. The van der Waals surface area contributed by atoms with Crippen molar-refractivity contribution in [3.63, 3.8) is 0 Å². The number of rotatable bonds is 5. The highest BCUT2D eigenvalue weighted by Crippen LogP contribution is 2.23. The van der Waals surface area contributed by atoms with Crippen LogP contribution in [0.3, 0.4) is 0 Å².